The molecular weight excluding hydrogens is 189 g/mol. The molecule has 1 aromatic heterocycles. The number of nitrogen functional groups attached to an aromatic ring is 1. The van der Waals surface area contributed by atoms with Crippen LogP contribution in [0.1, 0.15) is 12.1 Å². The minimum Gasteiger partial charge on any atom is -0.375 e. The monoisotopic (exact) mass is 196 g/mol. The number of aromatic nitrogens is 1. The first-order chi connectivity index (χ1) is 5.47. The highest BCUT2D eigenvalue weighted by molar-refractivity contribution is 7.13. The molecule has 1 rings (SSSR count). The van der Waals surface area contributed by atoms with Crippen molar-refractivity contribution >= 4 is 16.5 Å². The van der Waals surface area contributed by atoms with E-state index < -0.39 is 12.6 Å². The maximum absolute atomic E-state index is 11.7. The average Bonchev–Trinajstić information content (AvgIpc) is 2.30. The molecule has 0 amide bonds. The van der Waals surface area contributed by atoms with Gasteiger partial charge in [0.1, 0.15) is 0 Å². The van der Waals surface area contributed by atoms with E-state index in [4.69, 9.17) is 5.73 Å². The van der Waals surface area contributed by atoms with Gasteiger partial charge in [-0.3, -0.25) is 0 Å². The van der Waals surface area contributed by atoms with Gasteiger partial charge in [-0.25, -0.2) is 4.98 Å². The normalized spacial score (nSPS) is 11.9. The van der Waals surface area contributed by atoms with E-state index in [-0.39, 0.29) is 6.42 Å². The van der Waals surface area contributed by atoms with Crippen molar-refractivity contribution in [2.75, 3.05) is 5.73 Å². The standard InChI is InChI=1S/C6H7F3N2S/c7-6(8,9)2-1-4-3-12-5(10)11-4/h3H,1-2H2,(H2,10,11). The lowest BCUT2D eigenvalue weighted by atomic mass is 10.2. The van der Waals surface area contributed by atoms with E-state index in [0.29, 0.717) is 10.8 Å². The van der Waals surface area contributed by atoms with Crippen LogP contribution in [-0.2, 0) is 6.42 Å². The third kappa shape index (κ3) is 3.08. The molecular formula is C6H7F3N2S. The second-order valence-electron chi connectivity index (χ2n) is 2.29. The highest BCUT2D eigenvalue weighted by atomic mass is 32.1. The van der Waals surface area contributed by atoms with Gasteiger partial charge in [0.2, 0.25) is 0 Å². The first-order valence-corrected chi connectivity index (χ1v) is 4.12. The molecule has 0 aliphatic heterocycles. The number of nitrogens with zero attached hydrogens (tertiary/aromatic N) is 1. The Labute approximate surface area is 71.2 Å². The molecule has 0 atom stereocenters. The van der Waals surface area contributed by atoms with E-state index in [9.17, 15) is 13.2 Å². The smallest absolute Gasteiger partial charge is 0.375 e. The quantitative estimate of drug-likeness (QED) is 0.787. The highest BCUT2D eigenvalue weighted by Gasteiger charge is 2.26. The number of aryl methyl sites for hydroxylation is 1. The Morgan fingerprint density at radius 2 is 2.17 bits per heavy atom. The summed E-state index contributed by atoms with van der Waals surface area (Å²) in [4.78, 5) is 3.71. The minimum absolute atomic E-state index is 0.0861. The molecule has 68 valence electrons. The van der Waals surface area contributed by atoms with Crippen molar-refractivity contribution in [1.82, 2.24) is 4.98 Å². The Hall–Kier alpha value is -0.780. The summed E-state index contributed by atoms with van der Waals surface area (Å²) in [5.41, 5.74) is 5.66. The summed E-state index contributed by atoms with van der Waals surface area (Å²) < 4.78 is 35.1. The second kappa shape index (κ2) is 3.30. The fourth-order valence-corrected chi connectivity index (χ4v) is 1.30. The van der Waals surface area contributed by atoms with Gasteiger partial charge < -0.3 is 5.73 Å². The Morgan fingerprint density at radius 1 is 1.50 bits per heavy atom. The molecule has 0 radical (unpaired) electrons. The first kappa shape index (κ1) is 9.31. The van der Waals surface area contributed by atoms with Gasteiger partial charge in [0.05, 0.1) is 5.69 Å². The van der Waals surface area contributed by atoms with Gasteiger partial charge in [0.25, 0.3) is 0 Å². The van der Waals surface area contributed by atoms with Crippen molar-refractivity contribution in [2.24, 2.45) is 0 Å². The number of nitrogens with two attached hydrogens (primary N) is 1. The lowest BCUT2D eigenvalue weighted by Gasteiger charge is -2.02. The zero-order valence-corrected chi connectivity index (χ0v) is 6.87. The van der Waals surface area contributed by atoms with Crippen LogP contribution >= 0.6 is 11.3 Å². The number of halogens is 3. The summed E-state index contributed by atoms with van der Waals surface area (Å²) in [6.45, 7) is 0. The Morgan fingerprint density at radius 3 is 2.58 bits per heavy atom. The van der Waals surface area contributed by atoms with E-state index in [1.54, 1.807) is 5.38 Å². The third-order valence-corrected chi connectivity index (χ3v) is 1.96. The zero-order chi connectivity index (χ0) is 9.19. The molecule has 0 saturated carbocycles. The van der Waals surface area contributed by atoms with Gasteiger partial charge in [0, 0.05) is 11.8 Å². The van der Waals surface area contributed by atoms with Crippen LogP contribution < -0.4 is 5.73 Å². The minimum atomic E-state index is -4.11. The predicted octanol–water partition coefficient (Wildman–Crippen LogP) is 2.22. The van der Waals surface area contributed by atoms with Crippen molar-refractivity contribution in [1.29, 1.82) is 0 Å². The van der Waals surface area contributed by atoms with E-state index in [1.165, 1.54) is 0 Å². The maximum Gasteiger partial charge on any atom is 0.389 e. The number of alkyl halides is 3. The average molecular weight is 196 g/mol. The summed E-state index contributed by atoms with van der Waals surface area (Å²) in [6, 6.07) is 0. The van der Waals surface area contributed by atoms with Crippen LogP contribution in [0.2, 0.25) is 0 Å². The van der Waals surface area contributed by atoms with Crippen molar-refractivity contribution in [3.63, 3.8) is 0 Å². The number of rotatable bonds is 2. The lowest BCUT2D eigenvalue weighted by Crippen LogP contribution is -2.08. The van der Waals surface area contributed by atoms with Crippen LogP contribution in [0, 0.1) is 0 Å². The number of hydrogen-bond donors (Lipinski definition) is 1. The summed E-state index contributed by atoms with van der Waals surface area (Å²) in [7, 11) is 0. The largest absolute Gasteiger partial charge is 0.389 e. The van der Waals surface area contributed by atoms with E-state index >= 15 is 0 Å². The van der Waals surface area contributed by atoms with E-state index in [1.807, 2.05) is 0 Å². The summed E-state index contributed by atoms with van der Waals surface area (Å²) in [5.74, 6) is 0. The fraction of sp³-hybridized carbons (Fsp3) is 0.500. The molecule has 0 bridgehead atoms. The predicted molar refractivity (Wildman–Crippen MR) is 40.9 cm³/mol. The topological polar surface area (TPSA) is 38.9 Å². The van der Waals surface area contributed by atoms with E-state index in [2.05, 4.69) is 4.98 Å². The van der Waals surface area contributed by atoms with E-state index in [0.717, 1.165) is 11.3 Å². The van der Waals surface area contributed by atoms with Crippen LogP contribution in [0.15, 0.2) is 5.38 Å². The molecule has 2 N–H and O–H groups in total. The van der Waals surface area contributed by atoms with Crippen molar-refractivity contribution in [3.05, 3.63) is 11.1 Å². The molecule has 1 heterocycles. The number of thiazole rings is 1. The van der Waals surface area contributed by atoms with Crippen LogP contribution in [0.3, 0.4) is 0 Å². The van der Waals surface area contributed by atoms with Crippen molar-refractivity contribution < 1.29 is 13.2 Å². The van der Waals surface area contributed by atoms with Crippen LogP contribution in [0.25, 0.3) is 0 Å². The summed E-state index contributed by atoms with van der Waals surface area (Å²) in [5, 5.41) is 1.85. The van der Waals surface area contributed by atoms with Crippen LogP contribution in [0.5, 0.6) is 0 Å². The summed E-state index contributed by atoms with van der Waals surface area (Å²) in [6.07, 6.45) is -5.04. The molecule has 0 unspecified atom stereocenters. The first-order valence-electron chi connectivity index (χ1n) is 3.24. The molecule has 0 fully saturated rings. The third-order valence-electron chi connectivity index (χ3n) is 1.23. The van der Waals surface area contributed by atoms with Crippen LogP contribution in [-0.4, -0.2) is 11.2 Å². The molecule has 0 aliphatic carbocycles. The van der Waals surface area contributed by atoms with Gasteiger partial charge in [-0.05, 0) is 6.42 Å². The molecule has 12 heavy (non-hydrogen) atoms. The Bertz CT molecular complexity index is 256. The SMILES string of the molecule is Nc1nc(CCC(F)(F)F)cs1. The molecule has 0 aliphatic rings. The Balaban J connectivity index is 2.44. The molecule has 0 spiro atoms. The molecule has 2 nitrogen and oxygen atoms in total. The number of hydrogen-bond acceptors (Lipinski definition) is 3. The molecule has 0 aromatic carbocycles. The molecule has 1 aromatic rings. The zero-order valence-electron chi connectivity index (χ0n) is 6.06. The second-order valence-corrected chi connectivity index (χ2v) is 3.18. The van der Waals surface area contributed by atoms with Gasteiger partial charge in [-0.1, -0.05) is 0 Å². The number of anilines is 1. The highest BCUT2D eigenvalue weighted by Crippen LogP contribution is 2.22. The summed E-state index contributed by atoms with van der Waals surface area (Å²) >= 11 is 1.15. The Kier molecular flexibility index (Phi) is 2.56. The van der Waals surface area contributed by atoms with Gasteiger partial charge in [0.15, 0.2) is 5.13 Å². The maximum atomic E-state index is 11.7. The van der Waals surface area contributed by atoms with Crippen LogP contribution in [0.4, 0.5) is 18.3 Å². The lowest BCUT2D eigenvalue weighted by molar-refractivity contribution is -0.134. The molecule has 0 saturated heterocycles. The van der Waals surface area contributed by atoms with Crippen molar-refractivity contribution in [3.8, 4) is 0 Å². The van der Waals surface area contributed by atoms with Gasteiger partial charge >= 0.3 is 6.18 Å². The molecule has 6 heteroatoms. The fourth-order valence-electron chi connectivity index (χ4n) is 0.707. The van der Waals surface area contributed by atoms with Gasteiger partial charge in [-0.2, -0.15) is 13.2 Å². The van der Waals surface area contributed by atoms with Crippen molar-refractivity contribution in [2.45, 2.75) is 19.0 Å². The van der Waals surface area contributed by atoms with Gasteiger partial charge in [-0.15, -0.1) is 11.3 Å².